The molecule has 1 aliphatic carbocycles. The molecule has 0 spiro atoms. The van der Waals surface area contributed by atoms with Gasteiger partial charge in [0.05, 0.1) is 0 Å². The molecule has 0 bridgehead atoms. The van der Waals surface area contributed by atoms with Crippen LogP contribution in [0.25, 0.3) is 0 Å². The van der Waals surface area contributed by atoms with E-state index in [1.54, 1.807) is 0 Å². The van der Waals surface area contributed by atoms with Gasteiger partial charge >= 0.3 is 0 Å². The van der Waals surface area contributed by atoms with E-state index in [0.717, 1.165) is 23.5 Å². The molecule has 1 aromatic rings. The maximum atomic E-state index is 5.69. The molecule has 0 amide bonds. The molecule has 2 heterocycles. The third-order valence-electron chi connectivity index (χ3n) is 5.44. The molecule has 3 rings (SSSR count). The van der Waals surface area contributed by atoms with Crippen LogP contribution in [-0.4, -0.2) is 18.6 Å². The molecule has 1 aromatic heterocycles. The van der Waals surface area contributed by atoms with Crippen LogP contribution in [0.1, 0.15) is 68.6 Å². The highest BCUT2D eigenvalue weighted by molar-refractivity contribution is 5.23. The smallest absolute Gasteiger partial charge is 0.105 e. The fraction of sp³-hybridized carbons (Fsp3) is 0.778. The number of furan rings is 1. The fourth-order valence-electron chi connectivity index (χ4n) is 4.41. The summed E-state index contributed by atoms with van der Waals surface area (Å²) in [5.74, 6) is 2.90. The van der Waals surface area contributed by atoms with Crippen molar-refractivity contribution >= 4 is 0 Å². The Hall–Kier alpha value is -0.800. The standard InChI is InChI=1S/C18H30N2O/c1-12-11-16(14(3)21-12)13(2)20-18-9-6-7-15(18)17-8-4-5-10-19-17/h11,13,15,17-20H,4-10H2,1-3H3. The van der Waals surface area contributed by atoms with E-state index in [2.05, 4.69) is 30.5 Å². The molecule has 0 aromatic carbocycles. The predicted octanol–water partition coefficient (Wildman–Crippen LogP) is 3.86. The molecular formula is C18H30N2O. The maximum Gasteiger partial charge on any atom is 0.105 e. The van der Waals surface area contributed by atoms with Crippen LogP contribution in [0, 0.1) is 19.8 Å². The summed E-state index contributed by atoms with van der Waals surface area (Å²) in [4.78, 5) is 0. The van der Waals surface area contributed by atoms with Gasteiger partial charge in [-0.25, -0.2) is 0 Å². The number of piperidine rings is 1. The molecular weight excluding hydrogens is 260 g/mol. The highest BCUT2D eigenvalue weighted by Crippen LogP contribution is 2.33. The van der Waals surface area contributed by atoms with Crippen molar-refractivity contribution in [2.75, 3.05) is 6.54 Å². The lowest BCUT2D eigenvalue weighted by Gasteiger charge is -2.34. The Labute approximate surface area is 128 Å². The molecule has 2 aliphatic rings. The molecule has 1 saturated heterocycles. The lowest BCUT2D eigenvalue weighted by atomic mass is 9.88. The van der Waals surface area contributed by atoms with Crippen molar-refractivity contribution < 1.29 is 4.42 Å². The van der Waals surface area contributed by atoms with Gasteiger partial charge in [-0.05, 0) is 65.0 Å². The van der Waals surface area contributed by atoms with Gasteiger partial charge in [0.1, 0.15) is 11.5 Å². The van der Waals surface area contributed by atoms with Crippen molar-refractivity contribution in [3.05, 3.63) is 23.2 Å². The van der Waals surface area contributed by atoms with E-state index in [4.69, 9.17) is 4.42 Å². The van der Waals surface area contributed by atoms with Crippen LogP contribution in [0.15, 0.2) is 10.5 Å². The molecule has 2 fully saturated rings. The minimum absolute atomic E-state index is 0.386. The molecule has 3 nitrogen and oxygen atoms in total. The van der Waals surface area contributed by atoms with Gasteiger partial charge in [-0.2, -0.15) is 0 Å². The van der Waals surface area contributed by atoms with Gasteiger partial charge in [-0.1, -0.05) is 12.8 Å². The first-order valence-electron chi connectivity index (χ1n) is 8.71. The van der Waals surface area contributed by atoms with Crippen molar-refractivity contribution in [1.29, 1.82) is 0 Å². The van der Waals surface area contributed by atoms with E-state index >= 15 is 0 Å². The van der Waals surface area contributed by atoms with Crippen LogP contribution in [-0.2, 0) is 0 Å². The van der Waals surface area contributed by atoms with Crippen molar-refractivity contribution in [2.24, 2.45) is 5.92 Å². The molecule has 1 saturated carbocycles. The highest BCUT2D eigenvalue weighted by Gasteiger charge is 2.35. The van der Waals surface area contributed by atoms with Crippen molar-refractivity contribution in [1.82, 2.24) is 10.6 Å². The van der Waals surface area contributed by atoms with E-state index in [1.807, 2.05) is 6.92 Å². The number of hydrogen-bond donors (Lipinski definition) is 2. The van der Waals surface area contributed by atoms with Crippen molar-refractivity contribution in [3.8, 4) is 0 Å². The second-order valence-electron chi connectivity index (χ2n) is 7.01. The van der Waals surface area contributed by atoms with Crippen LogP contribution in [0.4, 0.5) is 0 Å². The van der Waals surface area contributed by atoms with Crippen LogP contribution in [0.3, 0.4) is 0 Å². The Morgan fingerprint density at radius 1 is 1.19 bits per heavy atom. The number of aryl methyl sites for hydroxylation is 2. The summed E-state index contributed by atoms with van der Waals surface area (Å²) in [5.41, 5.74) is 1.33. The number of rotatable bonds is 4. The van der Waals surface area contributed by atoms with Gasteiger partial charge < -0.3 is 15.1 Å². The molecule has 4 atom stereocenters. The zero-order valence-electron chi connectivity index (χ0n) is 13.7. The minimum Gasteiger partial charge on any atom is -0.466 e. The zero-order chi connectivity index (χ0) is 14.8. The van der Waals surface area contributed by atoms with Gasteiger partial charge in [0.15, 0.2) is 0 Å². The summed E-state index contributed by atoms with van der Waals surface area (Å²) in [5, 5.41) is 7.66. The van der Waals surface area contributed by atoms with Gasteiger partial charge in [-0.3, -0.25) is 0 Å². The topological polar surface area (TPSA) is 37.2 Å². The molecule has 2 N–H and O–H groups in total. The molecule has 4 unspecified atom stereocenters. The quantitative estimate of drug-likeness (QED) is 0.884. The Morgan fingerprint density at radius 2 is 2.05 bits per heavy atom. The van der Waals surface area contributed by atoms with Gasteiger partial charge in [0, 0.05) is 23.7 Å². The first-order valence-corrected chi connectivity index (χ1v) is 8.71. The van der Waals surface area contributed by atoms with Gasteiger partial charge in [0.25, 0.3) is 0 Å². The van der Waals surface area contributed by atoms with Crippen molar-refractivity contribution in [2.45, 2.75) is 77.4 Å². The Morgan fingerprint density at radius 3 is 2.71 bits per heavy atom. The summed E-state index contributed by atoms with van der Waals surface area (Å²) >= 11 is 0. The monoisotopic (exact) mass is 290 g/mol. The maximum absolute atomic E-state index is 5.69. The Kier molecular flexibility index (Phi) is 4.70. The van der Waals surface area contributed by atoms with E-state index in [0.29, 0.717) is 12.1 Å². The first kappa shape index (κ1) is 15.1. The second kappa shape index (κ2) is 6.53. The van der Waals surface area contributed by atoms with Gasteiger partial charge in [0.2, 0.25) is 0 Å². The van der Waals surface area contributed by atoms with E-state index in [-0.39, 0.29) is 0 Å². The van der Waals surface area contributed by atoms with Crippen LogP contribution in [0.2, 0.25) is 0 Å². The normalized spacial score (nSPS) is 31.5. The van der Waals surface area contributed by atoms with Crippen LogP contribution >= 0.6 is 0 Å². The summed E-state index contributed by atoms with van der Waals surface area (Å²) in [7, 11) is 0. The summed E-state index contributed by atoms with van der Waals surface area (Å²) < 4.78 is 5.69. The predicted molar refractivity (Wildman–Crippen MR) is 86.5 cm³/mol. The van der Waals surface area contributed by atoms with Crippen LogP contribution < -0.4 is 10.6 Å². The lowest BCUT2D eigenvalue weighted by molar-refractivity contribution is 0.248. The second-order valence-corrected chi connectivity index (χ2v) is 7.01. The average molecular weight is 290 g/mol. The van der Waals surface area contributed by atoms with E-state index in [9.17, 15) is 0 Å². The lowest BCUT2D eigenvalue weighted by Crippen LogP contribution is -2.47. The average Bonchev–Trinajstić information content (AvgIpc) is 3.06. The molecule has 3 heteroatoms. The molecule has 1 aliphatic heterocycles. The molecule has 0 radical (unpaired) electrons. The summed E-state index contributed by atoms with van der Waals surface area (Å²) in [6.07, 6.45) is 8.19. The molecule has 21 heavy (non-hydrogen) atoms. The summed E-state index contributed by atoms with van der Waals surface area (Å²) in [6, 6.07) is 3.97. The largest absolute Gasteiger partial charge is 0.466 e. The van der Waals surface area contributed by atoms with Crippen LogP contribution in [0.5, 0.6) is 0 Å². The number of nitrogens with one attached hydrogen (secondary N) is 2. The molecule has 118 valence electrons. The van der Waals surface area contributed by atoms with Gasteiger partial charge in [-0.15, -0.1) is 0 Å². The number of hydrogen-bond acceptors (Lipinski definition) is 3. The highest BCUT2D eigenvalue weighted by atomic mass is 16.3. The Bertz CT molecular complexity index is 462. The summed E-state index contributed by atoms with van der Waals surface area (Å²) in [6.45, 7) is 7.60. The van der Waals surface area contributed by atoms with Crippen molar-refractivity contribution in [3.63, 3.8) is 0 Å². The minimum atomic E-state index is 0.386. The fourth-order valence-corrected chi connectivity index (χ4v) is 4.41. The van der Waals surface area contributed by atoms with E-state index in [1.165, 1.54) is 50.6 Å². The van der Waals surface area contributed by atoms with E-state index < -0.39 is 0 Å². The Balaban J connectivity index is 1.64. The third kappa shape index (κ3) is 3.35. The first-order chi connectivity index (χ1) is 10.1. The zero-order valence-corrected chi connectivity index (χ0v) is 13.7. The third-order valence-corrected chi connectivity index (χ3v) is 5.44. The SMILES string of the molecule is Cc1cc(C(C)NC2CCCC2C2CCCCN2)c(C)o1.